The van der Waals surface area contributed by atoms with Gasteiger partial charge in [-0.05, 0) is 31.4 Å². The highest BCUT2D eigenvalue weighted by molar-refractivity contribution is 7.89. The van der Waals surface area contributed by atoms with Gasteiger partial charge in [-0.25, -0.2) is 13.4 Å². The maximum atomic E-state index is 12.0. The molecule has 1 aromatic heterocycles. The summed E-state index contributed by atoms with van der Waals surface area (Å²) in [5.74, 6) is 0. The van der Waals surface area contributed by atoms with Crippen molar-refractivity contribution < 1.29 is 8.42 Å². The van der Waals surface area contributed by atoms with Crippen LogP contribution in [0.15, 0.2) is 23.2 Å². The van der Waals surface area contributed by atoms with Gasteiger partial charge in [0.2, 0.25) is 10.0 Å². The minimum absolute atomic E-state index is 0.0269. The molecule has 0 aliphatic heterocycles. The van der Waals surface area contributed by atoms with Crippen LogP contribution in [-0.2, 0) is 10.0 Å². The maximum absolute atomic E-state index is 12.0. The first-order valence-corrected chi connectivity index (χ1v) is 6.90. The van der Waals surface area contributed by atoms with Crippen LogP contribution in [-0.4, -0.2) is 18.9 Å². The van der Waals surface area contributed by atoms with Gasteiger partial charge in [0.05, 0.1) is 11.0 Å². The predicted molar refractivity (Wildman–Crippen MR) is 61.8 cm³/mol. The van der Waals surface area contributed by atoms with E-state index in [1.165, 1.54) is 18.3 Å². The molecule has 5 nitrogen and oxygen atoms in total. The first-order valence-electron chi connectivity index (χ1n) is 5.04. The molecule has 90 valence electrons. The molecular formula is C10H10ClN3O2S. The Morgan fingerprint density at radius 1 is 1.53 bits per heavy atom. The minimum atomic E-state index is -3.71. The first kappa shape index (κ1) is 12.3. The Balaban J connectivity index is 2.29. The number of hydrogen-bond donors (Lipinski definition) is 1. The highest BCUT2D eigenvalue weighted by Crippen LogP contribution is 2.32. The van der Waals surface area contributed by atoms with E-state index in [1.807, 2.05) is 6.07 Å². The second-order valence-electron chi connectivity index (χ2n) is 3.97. The van der Waals surface area contributed by atoms with Gasteiger partial charge >= 0.3 is 0 Å². The van der Waals surface area contributed by atoms with Crippen LogP contribution in [0.1, 0.15) is 19.3 Å². The molecule has 0 spiro atoms. The van der Waals surface area contributed by atoms with E-state index < -0.39 is 15.6 Å². The molecule has 1 aliphatic carbocycles. The Kier molecular flexibility index (Phi) is 3.08. The van der Waals surface area contributed by atoms with Crippen LogP contribution in [0, 0.1) is 11.3 Å². The number of aromatic nitrogens is 1. The van der Waals surface area contributed by atoms with Crippen molar-refractivity contribution in [2.45, 2.75) is 29.7 Å². The second-order valence-corrected chi connectivity index (χ2v) is 6.04. The lowest BCUT2D eigenvalue weighted by Gasteiger charge is -2.35. The number of halogens is 1. The van der Waals surface area contributed by atoms with Crippen LogP contribution in [0.3, 0.4) is 0 Å². The summed E-state index contributed by atoms with van der Waals surface area (Å²) in [4.78, 5) is 3.74. The first-order chi connectivity index (χ1) is 7.97. The zero-order chi connectivity index (χ0) is 12.5. The number of hydrogen-bond acceptors (Lipinski definition) is 4. The molecule has 7 heteroatoms. The summed E-state index contributed by atoms with van der Waals surface area (Å²) >= 11 is 5.64. The smallest absolute Gasteiger partial charge is 0.242 e. The minimum Gasteiger partial charge on any atom is -0.244 e. The second kappa shape index (κ2) is 4.26. The lowest BCUT2D eigenvalue weighted by Crippen LogP contribution is -2.52. The Morgan fingerprint density at radius 2 is 2.24 bits per heavy atom. The largest absolute Gasteiger partial charge is 0.244 e. The summed E-state index contributed by atoms with van der Waals surface area (Å²) in [7, 11) is -3.71. The molecular weight excluding hydrogens is 262 g/mol. The van der Waals surface area contributed by atoms with E-state index in [1.54, 1.807) is 0 Å². The number of pyridine rings is 1. The van der Waals surface area contributed by atoms with E-state index in [-0.39, 0.29) is 10.0 Å². The SMILES string of the molecule is N#CC1(NS(=O)(=O)c2ccnc(Cl)c2)CCC1. The molecule has 0 radical (unpaired) electrons. The van der Waals surface area contributed by atoms with E-state index in [2.05, 4.69) is 9.71 Å². The lowest BCUT2D eigenvalue weighted by atomic mass is 9.79. The average molecular weight is 272 g/mol. The molecule has 0 unspecified atom stereocenters. The van der Waals surface area contributed by atoms with Crippen molar-refractivity contribution in [3.05, 3.63) is 23.5 Å². The van der Waals surface area contributed by atoms with Crippen LogP contribution in [0.25, 0.3) is 0 Å². The Bertz CT molecular complexity index is 575. The van der Waals surface area contributed by atoms with Crippen LogP contribution >= 0.6 is 11.6 Å². The number of nitrogens with zero attached hydrogens (tertiary/aromatic N) is 2. The maximum Gasteiger partial charge on any atom is 0.242 e. The van der Waals surface area contributed by atoms with Gasteiger partial charge in [0.1, 0.15) is 10.7 Å². The Labute approximate surface area is 104 Å². The molecule has 1 heterocycles. The number of nitriles is 1. The quantitative estimate of drug-likeness (QED) is 0.844. The molecule has 0 saturated heterocycles. The van der Waals surface area contributed by atoms with Crippen molar-refractivity contribution in [2.24, 2.45) is 0 Å². The van der Waals surface area contributed by atoms with E-state index in [9.17, 15) is 8.42 Å². The van der Waals surface area contributed by atoms with Gasteiger partial charge in [-0.2, -0.15) is 9.98 Å². The molecule has 0 aromatic carbocycles. The number of sulfonamides is 1. The molecule has 1 saturated carbocycles. The monoisotopic (exact) mass is 271 g/mol. The summed E-state index contributed by atoms with van der Waals surface area (Å²) in [6.07, 6.45) is 3.26. The fourth-order valence-corrected chi connectivity index (χ4v) is 3.26. The fraction of sp³-hybridized carbons (Fsp3) is 0.400. The van der Waals surface area contributed by atoms with E-state index in [0.29, 0.717) is 12.8 Å². The van der Waals surface area contributed by atoms with Gasteiger partial charge in [-0.3, -0.25) is 0 Å². The molecule has 0 bridgehead atoms. The Hall–Kier alpha value is -1.16. The summed E-state index contributed by atoms with van der Waals surface area (Å²) < 4.78 is 26.4. The van der Waals surface area contributed by atoms with E-state index in [4.69, 9.17) is 16.9 Å². The van der Waals surface area contributed by atoms with Crippen molar-refractivity contribution in [1.29, 1.82) is 5.26 Å². The lowest BCUT2D eigenvalue weighted by molar-refractivity contribution is 0.296. The predicted octanol–water partition coefficient (Wildman–Crippen LogP) is 1.46. The highest BCUT2D eigenvalue weighted by atomic mass is 35.5. The van der Waals surface area contributed by atoms with Crippen molar-refractivity contribution in [3.63, 3.8) is 0 Å². The van der Waals surface area contributed by atoms with Crippen molar-refractivity contribution in [2.75, 3.05) is 0 Å². The van der Waals surface area contributed by atoms with Gasteiger partial charge in [-0.1, -0.05) is 11.6 Å². The third-order valence-electron chi connectivity index (χ3n) is 2.76. The van der Waals surface area contributed by atoms with Gasteiger partial charge in [0.15, 0.2) is 0 Å². The number of rotatable bonds is 3. The van der Waals surface area contributed by atoms with Crippen molar-refractivity contribution in [1.82, 2.24) is 9.71 Å². The van der Waals surface area contributed by atoms with Crippen LogP contribution in [0.2, 0.25) is 5.15 Å². The molecule has 1 aromatic rings. The topological polar surface area (TPSA) is 82.9 Å². The van der Waals surface area contributed by atoms with Gasteiger partial charge < -0.3 is 0 Å². The standard InChI is InChI=1S/C10H10ClN3O2S/c11-9-6-8(2-5-13-9)17(15,16)14-10(7-12)3-1-4-10/h2,5-6,14H,1,3-4H2. The van der Waals surface area contributed by atoms with E-state index in [0.717, 1.165) is 6.42 Å². The summed E-state index contributed by atoms with van der Waals surface area (Å²) in [6, 6.07) is 4.62. The zero-order valence-electron chi connectivity index (χ0n) is 8.85. The van der Waals surface area contributed by atoms with Crippen LogP contribution in [0.4, 0.5) is 0 Å². The Morgan fingerprint density at radius 3 is 2.71 bits per heavy atom. The molecule has 0 atom stereocenters. The molecule has 17 heavy (non-hydrogen) atoms. The van der Waals surface area contributed by atoms with Crippen molar-refractivity contribution in [3.8, 4) is 6.07 Å². The zero-order valence-corrected chi connectivity index (χ0v) is 10.4. The van der Waals surface area contributed by atoms with Crippen molar-refractivity contribution >= 4 is 21.6 Å². The average Bonchev–Trinajstić information content (AvgIpc) is 2.24. The number of nitrogens with one attached hydrogen (secondary N) is 1. The fourth-order valence-electron chi connectivity index (χ4n) is 1.64. The molecule has 0 amide bonds. The summed E-state index contributed by atoms with van der Waals surface area (Å²) in [5.41, 5.74) is -0.950. The molecule has 1 aliphatic rings. The molecule has 1 N–H and O–H groups in total. The van der Waals surface area contributed by atoms with E-state index >= 15 is 0 Å². The summed E-state index contributed by atoms with van der Waals surface area (Å²) in [6.45, 7) is 0. The van der Waals surface area contributed by atoms with Gasteiger partial charge in [0.25, 0.3) is 0 Å². The summed E-state index contributed by atoms with van der Waals surface area (Å²) in [5, 5.41) is 9.09. The van der Waals surface area contributed by atoms with Gasteiger partial charge in [0, 0.05) is 6.20 Å². The van der Waals surface area contributed by atoms with Crippen LogP contribution < -0.4 is 4.72 Å². The third kappa shape index (κ3) is 2.41. The molecule has 1 fully saturated rings. The van der Waals surface area contributed by atoms with Crippen LogP contribution in [0.5, 0.6) is 0 Å². The molecule has 2 rings (SSSR count). The normalized spacial score (nSPS) is 18.1. The third-order valence-corrected chi connectivity index (χ3v) is 4.50. The van der Waals surface area contributed by atoms with Gasteiger partial charge in [-0.15, -0.1) is 0 Å². The highest BCUT2D eigenvalue weighted by Gasteiger charge is 2.41.